The molecule has 1 aliphatic heterocycles. The van der Waals surface area contributed by atoms with Gasteiger partial charge in [0, 0.05) is 13.1 Å². The van der Waals surface area contributed by atoms with E-state index in [0.717, 1.165) is 13.0 Å². The van der Waals surface area contributed by atoms with E-state index >= 15 is 0 Å². The molecule has 90 valence electrons. The molecular weight excluding hydrogens is 211 g/mol. The van der Waals surface area contributed by atoms with Crippen LogP contribution in [-0.4, -0.2) is 48.2 Å². The predicted octanol–water partition coefficient (Wildman–Crippen LogP) is 1.37. The number of ether oxygens (including phenoxy) is 1. The molecular formula is C9H16F3NO2. The lowest BCUT2D eigenvalue weighted by Crippen LogP contribution is -2.47. The number of hydrogen-bond acceptors (Lipinski definition) is 3. The largest absolute Gasteiger partial charge is 0.522 e. The summed E-state index contributed by atoms with van der Waals surface area (Å²) < 4.78 is 38.7. The van der Waals surface area contributed by atoms with Gasteiger partial charge < -0.3 is 5.11 Å². The van der Waals surface area contributed by atoms with Crippen LogP contribution in [0.3, 0.4) is 0 Å². The van der Waals surface area contributed by atoms with Crippen molar-refractivity contribution in [2.24, 2.45) is 0 Å². The molecule has 15 heavy (non-hydrogen) atoms. The first-order valence-corrected chi connectivity index (χ1v) is 4.94. The maximum absolute atomic E-state index is 11.7. The first kappa shape index (κ1) is 12.7. The number of hydrogen-bond donors (Lipinski definition) is 1. The number of likely N-dealkylation sites (tertiary alicyclic amines) is 1. The first-order chi connectivity index (χ1) is 6.79. The van der Waals surface area contributed by atoms with Crippen LogP contribution in [0.25, 0.3) is 0 Å². The van der Waals surface area contributed by atoms with E-state index in [4.69, 9.17) is 0 Å². The van der Waals surface area contributed by atoms with Crippen LogP contribution in [0.1, 0.15) is 19.8 Å². The summed E-state index contributed by atoms with van der Waals surface area (Å²) in [6.07, 6.45) is -3.05. The Hall–Kier alpha value is -0.330. The molecule has 6 heteroatoms. The summed E-state index contributed by atoms with van der Waals surface area (Å²) in [5.74, 6) is 0. The van der Waals surface area contributed by atoms with Crippen molar-refractivity contribution in [3.05, 3.63) is 0 Å². The molecule has 0 amide bonds. The van der Waals surface area contributed by atoms with Crippen molar-refractivity contribution >= 4 is 0 Å². The van der Waals surface area contributed by atoms with Gasteiger partial charge in [0.05, 0.1) is 12.2 Å². The molecule has 0 radical (unpaired) electrons. The van der Waals surface area contributed by atoms with Crippen LogP contribution in [0.5, 0.6) is 0 Å². The third-order valence-electron chi connectivity index (χ3n) is 2.43. The van der Waals surface area contributed by atoms with E-state index in [9.17, 15) is 18.3 Å². The standard InChI is InChI=1S/C9H16F3NO2/c1-8(14)3-2-4-13(7-8)5-6-15-9(10,11)12/h14H,2-7H2,1H3. The van der Waals surface area contributed by atoms with Gasteiger partial charge in [-0.15, -0.1) is 13.2 Å². The van der Waals surface area contributed by atoms with Gasteiger partial charge in [-0.25, -0.2) is 0 Å². The third-order valence-corrected chi connectivity index (χ3v) is 2.43. The van der Waals surface area contributed by atoms with E-state index in [0.29, 0.717) is 13.0 Å². The highest BCUT2D eigenvalue weighted by Crippen LogP contribution is 2.20. The summed E-state index contributed by atoms with van der Waals surface area (Å²) in [5.41, 5.74) is -0.781. The summed E-state index contributed by atoms with van der Waals surface area (Å²) in [4.78, 5) is 1.79. The second kappa shape index (κ2) is 4.67. The second-order valence-corrected chi connectivity index (χ2v) is 4.17. The minimum atomic E-state index is -4.56. The lowest BCUT2D eigenvalue weighted by molar-refractivity contribution is -0.325. The number of aliphatic hydroxyl groups is 1. The van der Waals surface area contributed by atoms with Crippen LogP contribution in [-0.2, 0) is 4.74 Å². The molecule has 0 aromatic carbocycles. The van der Waals surface area contributed by atoms with Gasteiger partial charge in [-0.1, -0.05) is 0 Å². The lowest BCUT2D eigenvalue weighted by atomic mass is 9.95. The van der Waals surface area contributed by atoms with Crippen LogP contribution < -0.4 is 0 Å². The first-order valence-electron chi connectivity index (χ1n) is 4.94. The fourth-order valence-electron chi connectivity index (χ4n) is 1.80. The summed E-state index contributed by atoms with van der Waals surface area (Å²) in [6.45, 7) is 2.66. The summed E-state index contributed by atoms with van der Waals surface area (Å²) in [6, 6.07) is 0. The lowest BCUT2D eigenvalue weighted by Gasteiger charge is -2.36. The van der Waals surface area contributed by atoms with Crippen molar-refractivity contribution in [1.29, 1.82) is 0 Å². The number of nitrogens with zero attached hydrogens (tertiary/aromatic N) is 1. The minimum absolute atomic E-state index is 0.204. The number of rotatable bonds is 3. The number of halogens is 3. The molecule has 1 rings (SSSR count). The normalized spacial score (nSPS) is 29.4. The molecule has 0 aromatic rings. The molecule has 0 aromatic heterocycles. The molecule has 0 spiro atoms. The molecule has 1 N–H and O–H groups in total. The van der Waals surface area contributed by atoms with Gasteiger partial charge in [-0.05, 0) is 26.3 Å². The molecule has 1 heterocycles. The molecule has 0 bridgehead atoms. The van der Waals surface area contributed by atoms with Crippen LogP contribution in [0, 0.1) is 0 Å². The quantitative estimate of drug-likeness (QED) is 0.790. The van der Waals surface area contributed by atoms with E-state index < -0.39 is 12.0 Å². The predicted molar refractivity (Wildman–Crippen MR) is 48.3 cm³/mol. The molecule has 1 aliphatic rings. The highest BCUT2D eigenvalue weighted by Gasteiger charge is 2.31. The Morgan fingerprint density at radius 1 is 1.47 bits per heavy atom. The zero-order valence-corrected chi connectivity index (χ0v) is 8.68. The Labute approximate surface area is 86.8 Å². The number of alkyl halides is 3. The average molecular weight is 227 g/mol. The summed E-state index contributed by atoms with van der Waals surface area (Å²) in [7, 11) is 0. The van der Waals surface area contributed by atoms with Crippen LogP contribution in [0.4, 0.5) is 13.2 Å². The summed E-state index contributed by atoms with van der Waals surface area (Å²) >= 11 is 0. The Morgan fingerprint density at radius 2 is 2.13 bits per heavy atom. The van der Waals surface area contributed by atoms with E-state index in [2.05, 4.69) is 4.74 Å². The fourth-order valence-corrected chi connectivity index (χ4v) is 1.80. The zero-order valence-electron chi connectivity index (χ0n) is 8.68. The SMILES string of the molecule is CC1(O)CCCN(CCOC(F)(F)F)C1. The smallest absolute Gasteiger partial charge is 0.389 e. The van der Waals surface area contributed by atoms with E-state index in [-0.39, 0.29) is 13.2 Å². The topological polar surface area (TPSA) is 32.7 Å². The molecule has 1 unspecified atom stereocenters. The Kier molecular flexibility index (Phi) is 3.97. The van der Waals surface area contributed by atoms with E-state index in [1.54, 1.807) is 11.8 Å². The van der Waals surface area contributed by atoms with E-state index in [1.165, 1.54) is 0 Å². The van der Waals surface area contributed by atoms with Gasteiger partial charge in [0.2, 0.25) is 0 Å². The van der Waals surface area contributed by atoms with Crippen molar-refractivity contribution in [3.63, 3.8) is 0 Å². The van der Waals surface area contributed by atoms with Crippen LogP contribution in [0.2, 0.25) is 0 Å². The maximum atomic E-state index is 11.7. The third kappa shape index (κ3) is 5.34. The Bertz CT molecular complexity index is 206. The number of β-amino-alcohol motifs (C(OH)–C–C–N with tert-alkyl or cyclic N) is 1. The molecule has 1 saturated heterocycles. The zero-order chi connectivity index (χ0) is 11.5. The van der Waals surface area contributed by atoms with Crippen molar-refractivity contribution in [2.45, 2.75) is 31.7 Å². The van der Waals surface area contributed by atoms with Crippen molar-refractivity contribution in [3.8, 4) is 0 Å². The van der Waals surface area contributed by atoms with E-state index in [1.807, 2.05) is 0 Å². The van der Waals surface area contributed by atoms with Gasteiger partial charge >= 0.3 is 6.36 Å². The molecule has 3 nitrogen and oxygen atoms in total. The van der Waals surface area contributed by atoms with Crippen LogP contribution in [0.15, 0.2) is 0 Å². The Morgan fingerprint density at radius 3 is 2.67 bits per heavy atom. The van der Waals surface area contributed by atoms with Crippen LogP contribution >= 0.6 is 0 Å². The molecule has 0 aliphatic carbocycles. The van der Waals surface area contributed by atoms with Gasteiger partial charge in [0.15, 0.2) is 0 Å². The van der Waals surface area contributed by atoms with Crippen molar-refractivity contribution < 1.29 is 23.0 Å². The highest BCUT2D eigenvalue weighted by atomic mass is 19.4. The fraction of sp³-hybridized carbons (Fsp3) is 1.00. The second-order valence-electron chi connectivity index (χ2n) is 4.17. The van der Waals surface area contributed by atoms with Gasteiger partial charge in [0.1, 0.15) is 0 Å². The highest BCUT2D eigenvalue weighted by molar-refractivity contribution is 4.82. The Balaban J connectivity index is 2.22. The van der Waals surface area contributed by atoms with Gasteiger partial charge in [0.25, 0.3) is 0 Å². The monoisotopic (exact) mass is 227 g/mol. The molecule has 1 fully saturated rings. The van der Waals surface area contributed by atoms with Crippen molar-refractivity contribution in [2.75, 3.05) is 26.2 Å². The summed E-state index contributed by atoms with van der Waals surface area (Å²) in [5, 5.41) is 9.70. The average Bonchev–Trinajstić information content (AvgIpc) is 1.99. The maximum Gasteiger partial charge on any atom is 0.522 e. The van der Waals surface area contributed by atoms with Gasteiger partial charge in [-0.3, -0.25) is 9.64 Å². The molecule has 0 saturated carbocycles. The minimum Gasteiger partial charge on any atom is -0.389 e. The van der Waals surface area contributed by atoms with Crippen molar-refractivity contribution in [1.82, 2.24) is 4.90 Å². The van der Waals surface area contributed by atoms with Gasteiger partial charge in [-0.2, -0.15) is 0 Å². The number of piperidine rings is 1. The molecule has 1 atom stereocenters.